The van der Waals surface area contributed by atoms with Crippen LogP contribution in [0.5, 0.6) is 0 Å². The normalized spacial score (nSPS) is 14.7. The number of aromatic nitrogens is 2. The minimum atomic E-state index is -0.247. The van der Waals surface area contributed by atoms with E-state index < -0.39 is 0 Å². The summed E-state index contributed by atoms with van der Waals surface area (Å²) >= 11 is 3.40. The number of ketones is 1. The molecule has 8 heteroatoms. The van der Waals surface area contributed by atoms with Gasteiger partial charge in [-0.05, 0) is 38.0 Å². The molecule has 1 aromatic carbocycles. The molecule has 3 heterocycles. The van der Waals surface area contributed by atoms with Crippen molar-refractivity contribution in [2.24, 2.45) is 0 Å². The third-order valence-electron chi connectivity index (χ3n) is 4.95. The molecule has 1 aliphatic heterocycles. The van der Waals surface area contributed by atoms with E-state index in [2.05, 4.69) is 31.4 Å². The van der Waals surface area contributed by atoms with Gasteiger partial charge >= 0.3 is 0 Å². The Morgan fingerprint density at radius 2 is 1.93 bits per heavy atom. The predicted molar refractivity (Wildman–Crippen MR) is 110 cm³/mol. The van der Waals surface area contributed by atoms with Crippen LogP contribution in [-0.2, 0) is 4.74 Å². The van der Waals surface area contributed by atoms with E-state index in [1.54, 1.807) is 19.2 Å². The minimum Gasteiger partial charge on any atom is -0.381 e. The monoisotopic (exact) mass is 457 g/mol. The van der Waals surface area contributed by atoms with Crippen LogP contribution in [0.3, 0.4) is 0 Å². The fourth-order valence-electron chi connectivity index (χ4n) is 3.35. The van der Waals surface area contributed by atoms with Crippen molar-refractivity contribution in [2.75, 3.05) is 13.2 Å². The van der Waals surface area contributed by atoms with Gasteiger partial charge in [0, 0.05) is 41.1 Å². The second-order valence-electron chi connectivity index (χ2n) is 6.96. The Morgan fingerprint density at radius 1 is 1.21 bits per heavy atom. The topological polar surface area (TPSA) is 97.2 Å². The van der Waals surface area contributed by atoms with Gasteiger partial charge in [0.2, 0.25) is 0 Å². The van der Waals surface area contributed by atoms with Gasteiger partial charge in [-0.1, -0.05) is 33.2 Å². The van der Waals surface area contributed by atoms with Gasteiger partial charge in [0.15, 0.2) is 5.78 Å². The molecule has 1 amide bonds. The molecule has 0 unspecified atom stereocenters. The zero-order valence-corrected chi connectivity index (χ0v) is 17.4. The Hall–Kier alpha value is -2.71. The number of carbonyl (C=O) groups is 2. The molecule has 0 spiro atoms. The lowest BCUT2D eigenvalue weighted by Gasteiger charge is -2.22. The molecular weight excluding hydrogens is 438 g/mol. The Balaban J connectivity index is 1.56. The van der Waals surface area contributed by atoms with E-state index in [9.17, 15) is 9.59 Å². The smallest absolute Gasteiger partial charge is 0.267 e. The molecule has 0 atom stereocenters. The summed E-state index contributed by atoms with van der Waals surface area (Å²) < 4.78 is 11.5. The first-order chi connectivity index (χ1) is 14.0. The van der Waals surface area contributed by atoms with Gasteiger partial charge in [-0.15, -0.1) is 0 Å². The van der Waals surface area contributed by atoms with E-state index in [-0.39, 0.29) is 17.7 Å². The Kier molecular flexibility index (Phi) is 5.64. The molecule has 1 fully saturated rings. The second-order valence-corrected chi connectivity index (χ2v) is 7.88. The maximum absolute atomic E-state index is 13.1. The fraction of sp³-hybridized carbons (Fsp3) is 0.286. The van der Waals surface area contributed by atoms with E-state index in [0.717, 1.165) is 22.9 Å². The Bertz CT molecular complexity index is 1030. The average molecular weight is 458 g/mol. The highest BCUT2D eigenvalue weighted by molar-refractivity contribution is 9.10. The van der Waals surface area contributed by atoms with Crippen LogP contribution < -0.4 is 5.32 Å². The van der Waals surface area contributed by atoms with Gasteiger partial charge in [0.25, 0.3) is 5.91 Å². The highest BCUT2D eigenvalue weighted by atomic mass is 79.9. The first kappa shape index (κ1) is 19.6. The van der Waals surface area contributed by atoms with Crippen LogP contribution in [0.4, 0.5) is 0 Å². The number of carbonyl (C=O) groups excluding carboxylic acids is 2. The molecule has 0 radical (unpaired) electrons. The molecule has 0 bridgehead atoms. The number of ether oxygens (including phenoxy) is 1. The van der Waals surface area contributed by atoms with Crippen LogP contribution in [0.1, 0.15) is 45.0 Å². The predicted octanol–water partition coefficient (Wildman–Crippen LogP) is 3.88. The van der Waals surface area contributed by atoms with Crippen LogP contribution in [-0.4, -0.2) is 41.1 Å². The van der Waals surface area contributed by atoms with Crippen molar-refractivity contribution >= 4 is 27.6 Å². The number of hydrogen-bond acceptors (Lipinski definition) is 5. The molecule has 0 saturated carbocycles. The van der Waals surface area contributed by atoms with Crippen molar-refractivity contribution in [1.29, 1.82) is 0 Å². The van der Waals surface area contributed by atoms with E-state index in [1.165, 1.54) is 0 Å². The number of aromatic amines is 1. The van der Waals surface area contributed by atoms with Gasteiger partial charge in [-0.3, -0.25) is 9.59 Å². The van der Waals surface area contributed by atoms with Crippen molar-refractivity contribution in [2.45, 2.75) is 25.8 Å². The van der Waals surface area contributed by atoms with Gasteiger partial charge < -0.3 is 19.6 Å². The first-order valence-electron chi connectivity index (χ1n) is 9.37. The third kappa shape index (κ3) is 4.18. The zero-order chi connectivity index (χ0) is 20.4. The van der Waals surface area contributed by atoms with Gasteiger partial charge in [-0.25, -0.2) is 0 Å². The largest absolute Gasteiger partial charge is 0.381 e. The van der Waals surface area contributed by atoms with Crippen LogP contribution in [0, 0.1) is 6.92 Å². The minimum absolute atomic E-state index is 0.0861. The molecule has 4 rings (SSSR count). The van der Waals surface area contributed by atoms with Crippen molar-refractivity contribution < 1.29 is 18.8 Å². The average Bonchev–Trinajstić information content (AvgIpc) is 3.36. The zero-order valence-electron chi connectivity index (χ0n) is 15.8. The summed E-state index contributed by atoms with van der Waals surface area (Å²) in [6.45, 7) is 2.99. The number of halogens is 1. The fourth-order valence-corrected chi connectivity index (χ4v) is 3.61. The van der Waals surface area contributed by atoms with E-state index in [1.807, 2.05) is 24.3 Å². The maximum atomic E-state index is 13.1. The number of H-pyrrole nitrogens is 1. The lowest BCUT2D eigenvalue weighted by atomic mass is 9.99. The lowest BCUT2D eigenvalue weighted by Crippen LogP contribution is -2.39. The first-order valence-corrected chi connectivity index (χ1v) is 10.2. The van der Waals surface area contributed by atoms with Crippen molar-refractivity contribution in [3.8, 4) is 11.3 Å². The van der Waals surface area contributed by atoms with Crippen LogP contribution >= 0.6 is 15.9 Å². The van der Waals surface area contributed by atoms with Gasteiger partial charge in [-0.2, -0.15) is 0 Å². The molecule has 3 aromatic rings. The SMILES string of the molecule is Cc1onc(-c2ccc(Br)cc2)c1C(=O)c1c[nH]c(C(=O)NC2CCOCC2)c1. The summed E-state index contributed by atoms with van der Waals surface area (Å²) in [4.78, 5) is 28.5. The number of rotatable bonds is 5. The lowest BCUT2D eigenvalue weighted by molar-refractivity contribution is 0.0694. The number of benzene rings is 1. The molecule has 7 nitrogen and oxygen atoms in total. The quantitative estimate of drug-likeness (QED) is 0.566. The van der Waals surface area contributed by atoms with Crippen molar-refractivity contribution in [1.82, 2.24) is 15.5 Å². The molecular formula is C21H20BrN3O4. The summed E-state index contributed by atoms with van der Waals surface area (Å²) in [7, 11) is 0. The van der Waals surface area contributed by atoms with Crippen molar-refractivity contribution in [3.63, 3.8) is 0 Å². The summed E-state index contributed by atoms with van der Waals surface area (Å²) in [5, 5.41) is 7.05. The third-order valence-corrected chi connectivity index (χ3v) is 5.48. The molecule has 1 aliphatic rings. The summed E-state index contributed by atoms with van der Waals surface area (Å²) in [6.07, 6.45) is 3.11. The number of nitrogens with zero attached hydrogens (tertiary/aromatic N) is 1. The van der Waals surface area contributed by atoms with Gasteiger partial charge in [0.1, 0.15) is 17.1 Å². The highest BCUT2D eigenvalue weighted by Gasteiger charge is 2.25. The molecule has 29 heavy (non-hydrogen) atoms. The highest BCUT2D eigenvalue weighted by Crippen LogP contribution is 2.28. The summed E-state index contributed by atoms with van der Waals surface area (Å²) in [5.74, 6) is -0.0449. The Morgan fingerprint density at radius 3 is 2.66 bits per heavy atom. The van der Waals surface area contributed by atoms with Crippen LogP contribution in [0.15, 0.2) is 45.5 Å². The molecule has 1 saturated heterocycles. The second kappa shape index (κ2) is 8.34. The van der Waals surface area contributed by atoms with Gasteiger partial charge in [0.05, 0.1) is 5.56 Å². The number of aryl methyl sites for hydroxylation is 1. The van der Waals surface area contributed by atoms with E-state index in [4.69, 9.17) is 9.26 Å². The molecule has 2 aromatic heterocycles. The van der Waals surface area contributed by atoms with Crippen molar-refractivity contribution in [3.05, 3.63) is 63.6 Å². The molecule has 2 N–H and O–H groups in total. The number of nitrogens with one attached hydrogen (secondary N) is 2. The van der Waals surface area contributed by atoms with E-state index >= 15 is 0 Å². The molecule has 0 aliphatic carbocycles. The number of amides is 1. The summed E-state index contributed by atoms with van der Waals surface area (Å²) in [5.41, 5.74) is 2.38. The number of hydrogen-bond donors (Lipinski definition) is 2. The molecule has 150 valence electrons. The van der Waals surface area contributed by atoms with Crippen LogP contribution in [0.25, 0.3) is 11.3 Å². The Labute approximate surface area is 175 Å². The van der Waals surface area contributed by atoms with Crippen LogP contribution in [0.2, 0.25) is 0 Å². The standard InChI is InChI=1S/C21H20BrN3O4/c1-12-18(19(25-29-12)13-2-4-15(22)5-3-13)20(26)14-10-17(23-11-14)21(27)24-16-6-8-28-9-7-16/h2-5,10-11,16,23H,6-9H2,1H3,(H,24,27). The van der Waals surface area contributed by atoms with E-state index in [0.29, 0.717) is 41.5 Å². The summed E-state index contributed by atoms with van der Waals surface area (Å²) in [6, 6.07) is 9.13. The maximum Gasteiger partial charge on any atom is 0.267 e.